The molecule has 1 aromatic heterocycles. The molecule has 2 atom stereocenters. The lowest BCUT2D eigenvalue weighted by Crippen LogP contribution is -2.24. The van der Waals surface area contributed by atoms with E-state index in [-0.39, 0.29) is 17.8 Å². The lowest BCUT2D eigenvalue weighted by molar-refractivity contribution is -0.180. The summed E-state index contributed by atoms with van der Waals surface area (Å²) in [5.41, 5.74) is 1.67. The summed E-state index contributed by atoms with van der Waals surface area (Å²) in [6.07, 6.45) is 2.09. The van der Waals surface area contributed by atoms with Crippen LogP contribution in [0.1, 0.15) is 41.4 Å². The monoisotopic (exact) mass is 383 g/mol. The van der Waals surface area contributed by atoms with Gasteiger partial charge in [-0.05, 0) is 36.5 Å². The standard InChI is InChI=1S/C17H21NO5S2/c18-25(20,21)14-9-15(24-11-14)17(23-16-3-1-2-8-22-16)13-6-4-12(10-19)5-7-13/h4-7,9,11,16-17,19H,1-3,8,10H2,(H2,18,20,21). The Hall–Kier alpha value is -1.29. The van der Waals surface area contributed by atoms with Gasteiger partial charge in [0.2, 0.25) is 10.0 Å². The molecule has 1 saturated heterocycles. The third kappa shape index (κ3) is 4.66. The highest BCUT2D eigenvalue weighted by Gasteiger charge is 2.25. The van der Waals surface area contributed by atoms with Crippen molar-refractivity contribution in [1.82, 2.24) is 0 Å². The number of hydrogen-bond acceptors (Lipinski definition) is 6. The maximum atomic E-state index is 11.6. The molecule has 2 aromatic rings. The number of thiophene rings is 1. The molecule has 136 valence electrons. The Labute approximate surface area is 151 Å². The van der Waals surface area contributed by atoms with Gasteiger partial charge in [-0.1, -0.05) is 24.3 Å². The summed E-state index contributed by atoms with van der Waals surface area (Å²) in [4.78, 5) is 0.826. The number of rotatable bonds is 6. The molecule has 3 N–H and O–H groups in total. The Morgan fingerprint density at radius 1 is 1.32 bits per heavy atom. The molecule has 0 radical (unpaired) electrons. The van der Waals surface area contributed by atoms with Gasteiger partial charge in [0.1, 0.15) is 6.10 Å². The molecule has 1 aliphatic rings. The number of primary sulfonamides is 1. The summed E-state index contributed by atoms with van der Waals surface area (Å²) in [7, 11) is -3.75. The van der Waals surface area contributed by atoms with Gasteiger partial charge in [-0.3, -0.25) is 0 Å². The van der Waals surface area contributed by atoms with Crippen molar-refractivity contribution in [3.05, 3.63) is 51.7 Å². The maximum absolute atomic E-state index is 11.6. The summed E-state index contributed by atoms with van der Waals surface area (Å²) in [5, 5.41) is 15.9. The summed E-state index contributed by atoms with van der Waals surface area (Å²) in [6.45, 7) is 0.625. The fourth-order valence-corrected chi connectivity index (χ4v) is 4.58. The minimum absolute atomic E-state index is 0.0356. The molecule has 0 aliphatic carbocycles. The molecule has 0 spiro atoms. The van der Waals surface area contributed by atoms with Crippen LogP contribution in [0.4, 0.5) is 0 Å². The Morgan fingerprint density at radius 3 is 2.64 bits per heavy atom. The van der Waals surface area contributed by atoms with E-state index in [2.05, 4.69) is 0 Å². The van der Waals surface area contributed by atoms with E-state index in [4.69, 9.17) is 14.6 Å². The molecule has 1 fully saturated rings. The number of aliphatic hydroxyl groups excluding tert-OH is 1. The van der Waals surface area contributed by atoms with Gasteiger partial charge in [-0.25, -0.2) is 13.6 Å². The molecule has 25 heavy (non-hydrogen) atoms. The molecule has 0 bridgehead atoms. The Morgan fingerprint density at radius 2 is 2.08 bits per heavy atom. The first-order valence-electron chi connectivity index (χ1n) is 8.05. The Bertz CT molecular complexity index is 795. The van der Waals surface area contributed by atoms with Crippen LogP contribution in [0.3, 0.4) is 0 Å². The van der Waals surface area contributed by atoms with Crippen molar-refractivity contribution in [1.29, 1.82) is 0 Å². The minimum atomic E-state index is -3.75. The van der Waals surface area contributed by atoms with Crippen LogP contribution < -0.4 is 5.14 Å². The average Bonchev–Trinajstić information content (AvgIpc) is 3.11. The lowest BCUT2D eigenvalue weighted by Gasteiger charge is -2.27. The third-order valence-electron chi connectivity index (χ3n) is 4.07. The van der Waals surface area contributed by atoms with Gasteiger partial charge < -0.3 is 14.6 Å². The molecule has 3 rings (SSSR count). The zero-order valence-electron chi connectivity index (χ0n) is 13.6. The van der Waals surface area contributed by atoms with Gasteiger partial charge in [0.05, 0.1) is 11.5 Å². The van der Waals surface area contributed by atoms with Crippen LogP contribution in [0.2, 0.25) is 0 Å². The van der Waals surface area contributed by atoms with Gasteiger partial charge in [-0.2, -0.15) is 0 Å². The van der Waals surface area contributed by atoms with Crippen molar-refractivity contribution in [2.75, 3.05) is 6.61 Å². The van der Waals surface area contributed by atoms with Gasteiger partial charge in [0.15, 0.2) is 6.29 Å². The van der Waals surface area contributed by atoms with Crippen LogP contribution in [0, 0.1) is 0 Å². The summed E-state index contributed by atoms with van der Waals surface area (Å²) < 4.78 is 35.0. The number of benzene rings is 1. The predicted molar refractivity (Wildman–Crippen MR) is 94.6 cm³/mol. The van der Waals surface area contributed by atoms with E-state index in [0.29, 0.717) is 6.61 Å². The van der Waals surface area contributed by atoms with Gasteiger partial charge in [-0.15, -0.1) is 11.3 Å². The molecule has 1 aromatic carbocycles. The third-order valence-corrected chi connectivity index (χ3v) is 6.09. The van der Waals surface area contributed by atoms with Gasteiger partial charge in [0.25, 0.3) is 0 Å². The summed E-state index contributed by atoms with van der Waals surface area (Å²) in [6, 6.07) is 8.93. The summed E-state index contributed by atoms with van der Waals surface area (Å²) >= 11 is 1.29. The first-order chi connectivity index (χ1) is 12.0. The number of ether oxygens (including phenoxy) is 2. The number of sulfonamides is 1. The number of nitrogens with two attached hydrogens (primary N) is 1. The fraction of sp³-hybridized carbons (Fsp3) is 0.412. The molecule has 6 nitrogen and oxygen atoms in total. The highest BCUT2D eigenvalue weighted by molar-refractivity contribution is 7.89. The minimum Gasteiger partial charge on any atom is -0.392 e. The number of aliphatic hydroxyl groups is 1. The van der Waals surface area contributed by atoms with E-state index < -0.39 is 16.1 Å². The quantitative estimate of drug-likeness (QED) is 0.799. The van der Waals surface area contributed by atoms with Crippen LogP contribution in [0.5, 0.6) is 0 Å². The van der Waals surface area contributed by atoms with E-state index in [1.54, 1.807) is 6.07 Å². The van der Waals surface area contributed by atoms with Crippen molar-refractivity contribution in [2.24, 2.45) is 5.14 Å². The smallest absolute Gasteiger partial charge is 0.238 e. The zero-order chi connectivity index (χ0) is 17.9. The molecule has 2 heterocycles. The molecular formula is C17H21NO5S2. The van der Waals surface area contributed by atoms with E-state index in [1.165, 1.54) is 16.7 Å². The highest BCUT2D eigenvalue weighted by atomic mass is 32.2. The van der Waals surface area contributed by atoms with Crippen LogP contribution in [-0.2, 0) is 26.1 Å². The fourth-order valence-electron chi connectivity index (χ4n) is 2.70. The molecule has 8 heteroatoms. The first-order valence-corrected chi connectivity index (χ1v) is 10.5. The molecule has 2 unspecified atom stereocenters. The molecule has 0 amide bonds. The average molecular weight is 383 g/mol. The van der Waals surface area contributed by atoms with Crippen molar-refractivity contribution < 1.29 is 23.0 Å². The first kappa shape index (κ1) is 18.5. The van der Waals surface area contributed by atoms with Crippen molar-refractivity contribution in [3.8, 4) is 0 Å². The van der Waals surface area contributed by atoms with Gasteiger partial charge >= 0.3 is 0 Å². The Kier molecular flexibility index (Phi) is 5.88. The van der Waals surface area contributed by atoms with E-state index in [0.717, 1.165) is 35.3 Å². The maximum Gasteiger partial charge on any atom is 0.238 e. The van der Waals surface area contributed by atoms with Crippen molar-refractivity contribution in [3.63, 3.8) is 0 Å². The van der Waals surface area contributed by atoms with Crippen molar-refractivity contribution >= 4 is 21.4 Å². The normalized spacial score (nSPS) is 19.7. The SMILES string of the molecule is NS(=O)(=O)c1csc(C(OC2CCCCO2)c2ccc(CO)cc2)c1. The van der Waals surface area contributed by atoms with E-state index >= 15 is 0 Å². The number of hydrogen-bond donors (Lipinski definition) is 2. The zero-order valence-corrected chi connectivity index (χ0v) is 15.3. The van der Waals surface area contributed by atoms with Crippen molar-refractivity contribution in [2.45, 2.75) is 43.2 Å². The second kappa shape index (κ2) is 7.94. The second-order valence-electron chi connectivity index (χ2n) is 5.94. The second-order valence-corrected chi connectivity index (χ2v) is 8.45. The molecule has 1 aliphatic heterocycles. The van der Waals surface area contributed by atoms with Gasteiger partial charge in [0, 0.05) is 16.9 Å². The van der Waals surface area contributed by atoms with E-state index in [9.17, 15) is 13.5 Å². The molecular weight excluding hydrogens is 362 g/mol. The summed E-state index contributed by atoms with van der Waals surface area (Å²) in [5.74, 6) is 0. The predicted octanol–water partition coefficient (Wildman–Crippen LogP) is 2.52. The largest absolute Gasteiger partial charge is 0.392 e. The van der Waals surface area contributed by atoms with Crippen LogP contribution >= 0.6 is 11.3 Å². The highest BCUT2D eigenvalue weighted by Crippen LogP contribution is 2.34. The van der Waals surface area contributed by atoms with Crippen LogP contribution in [0.15, 0.2) is 40.6 Å². The lowest BCUT2D eigenvalue weighted by atomic mass is 10.1. The molecule has 0 saturated carbocycles. The van der Waals surface area contributed by atoms with Crippen LogP contribution in [-0.4, -0.2) is 26.4 Å². The topological polar surface area (TPSA) is 98.9 Å². The van der Waals surface area contributed by atoms with E-state index in [1.807, 2.05) is 24.3 Å². The Balaban J connectivity index is 1.91. The van der Waals surface area contributed by atoms with Crippen LogP contribution in [0.25, 0.3) is 0 Å².